The first kappa shape index (κ1) is 18.2. The van der Waals surface area contributed by atoms with Crippen molar-refractivity contribution in [2.45, 2.75) is 58.2 Å². The first-order chi connectivity index (χ1) is 10.2. The maximum absolute atomic E-state index is 12.6. The lowest BCUT2D eigenvalue weighted by molar-refractivity contribution is -0.169. The van der Waals surface area contributed by atoms with Crippen LogP contribution in [-0.2, 0) is 16.1 Å². The standard InChI is InChI=1S/C18H26N2O2/c1-17(2,3)22-16(21)18(4,12-9-13-19)20(5)14-15-10-7-6-8-11-15/h6-8,10-11H,9,12,14H2,1-5H3. The van der Waals surface area contributed by atoms with Gasteiger partial charge in [-0.1, -0.05) is 30.3 Å². The van der Waals surface area contributed by atoms with Gasteiger partial charge in [0, 0.05) is 13.0 Å². The van der Waals surface area contributed by atoms with Gasteiger partial charge >= 0.3 is 5.97 Å². The van der Waals surface area contributed by atoms with E-state index in [0.29, 0.717) is 19.4 Å². The van der Waals surface area contributed by atoms with Crippen LogP contribution in [-0.4, -0.2) is 29.1 Å². The number of nitrogens with zero attached hydrogens (tertiary/aromatic N) is 2. The van der Waals surface area contributed by atoms with Crippen LogP contribution in [0.4, 0.5) is 0 Å². The highest BCUT2D eigenvalue weighted by Crippen LogP contribution is 2.26. The molecule has 0 fully saturated rings. The highest BCUT2D eigenvalue weighted by Gasteiger charge is 2.40. The summed E-state index contributed by atoms with van der Waals surface area (Å²) < 4.78 is 5.57. The number of benzene rings is 1. The zero-order valence-electron chi connectivity index (χ0n) is 14.2. The Balaban J connectivity index is 2.94. The monoisotopic (exact) mass is 302 g/mol. The summed E-state index contributed by atoms with van der Waals surface area (Å²) in [4.78, 5) is 14.6. The Morgan fingerprint density at radius 1 is 1.23 bits per heavy atom. The van der Waals surface area contributed by atoms with Crippen LogP contribution in [0.3, 0.4) is 0 Å². The van der Waals surface area contributed by atoms with E-state index >= 15 is 0 Å². The average Bonchev–Trinajstić information content (AvgIpc) is 2.43. The van der Waals surface area contributed by atoms with Crippen LogP contribution in [0.15, 0.2) is 30.3 Å². The summed E-state index contributed by atoms with van der Waals surface area (Å²) >= 11 is 0. The third-order valence-electron chi connectivity index (χ3n) is 3.67. The molecule has 22 heavy (non-hydrogen) atoms. The van der Waals surface area contributed by atoms with E-state index in [1.54, 1.807) is 0 Å². The van der Waals surface area contributed by atoms with E-state index in [2.05, 4.69) is 6.07 Å². The number of hydrogen-bond donors (Lipinski definition) is 0. The van der Waals surface area contributed by atoms with Crippen molar-refractivity contribution in [3.05, 3.63) is 35.9 Å². The molecular formula is C18H26N2O2. The van der Waals surface area contributed by atoms with E-state index in [0.717, 1.165) is 5.56 Å². The van der Waals surface area contributed by atoms with Gasteiger partial charge in [-0.2, -0.15) is 5.26 Å². The molecular weight excluding hydrogens is 276 g/mol. The molecule has 0 aromatic heterocycles. The molecule has 0 aliphatic rings. The van der Waals surface area contributed by atoms with E-state index in [4.69, 9.17) is 10.00 Å². The van der Waals surface area contributed by atoms with E-state index < -0.39 is 11.1 Å². The number of hydrogen-bond acceptors (Lipinski definition) is 4. The van der Waals surface area contributed by atoms with Gasteiger partial charge in [0.2, 0.25) is 0 Å². The third kappa shape index (κ3) is 5.16. The van der Waals surface area contributed by atoms with E-state index in [1.165, 1.54) is 0 Å². The van der Waals surface area contributed by atoms with Crippen molar-refractivity contribution < 1.29 is 9.53 Å². The molecule has 0 radical (unpaired) electrons. The van der Waals surface area contributed by atoms with Crippen LogP contribution in [0.25, 0.3) is 0 Å². The van der Waals surface area contributed by atoms with Gasteiger partial charge in [-0.3, -0.25) is 9.69 Å². The second kappa shape index (κ2) is 7.42. The molecule has 0 aliphatic heterocycles. The van der Waals surface area contributed by atoms with E-state index in [1.807, 2.05) is 70.0 Å². The van der Waals surface area contributed by atoms with Crippen LogP contribution in [0.5, 0.6) is 0 Å². The Labute approximate surface area is 133 Å². The number of nitriles is 1. The Bertz CT molecular complexity index is 528. The SMILES string of the molecule is CN(Cc1ccccc1)C(C)(CCC#N)C(=O)OC(C)(C)C. The summed E-state index contributed by atoms with van der Waals surface area (Å²) in [5.41, 5.74) is -0.242. The van der Waals surface area contributed by atoms with Gasteiger partial charge in [-0.25, -0.2) is 0 Å². The Hall–Kier alpha value is -1.86. The summed E-state index contributed by atoms with van der Waals surface area (Å²) in [6.07, 6.45) is 0.761. The van der Waals surface area contributed by atoms with Gasteiger partial charge < -0.3 is 4.74 Å². The number of likely N-dealkylation sites (N-methyl/N-ethyl adjacent to an activating group) is 1. The smallest absolute Gasteiger partial charge is 0.326 e. The van der Waals surface area contributed by atoms with Crippen molar-refractivity contribution in [1.82, 2.24) is 4.90 Å². The van der Waals surface area contributed by atoms with Gasteiger partial charge in [0.1, 0.15) is 11.1 Å². The van der Waals surface area contributed by atoms with Crippen LogP contribution < -0.4 is 0 Å². The van der Waals surface area contributed by atoms with Crippen LogP contribution in [0.2, 0.25) is 0 Å². The second-order valence-corrected chi connectivity index (χ2v) is 6.78. The highest BCUT2D eigenvalue weighted by molar-refractivity contribution is 5.80. The maximum Gasteiger partial charge on any atom is 0.326 e. The topological polar surface area (TPSA) is 53.3 Å². The molecule has 0 amide bonds. The highest BCUT2D eigenvalue weighted by atomic mass is 16.6. The summed E-state index contributed by atoms with van der Waals surface area (Å²) in [6, 6.07) is 12.1. The van der Waals surface area contributed by atoms with Crippen LogP contribution >= 0.6 is 0 Å². The molecule has 0 bridgehead atoms. The predicted molar refractivity (Wildman–Crippen MR) is 87.0 cm³/mol. The van der Waals surface area contributed by atoms with Gasteiger partial charge in [0.25, 0.3) is 0 Å². The molecule has 4 nitrogen and oxygen atoms in total. The molecule has 0 N–H and O–H groups in total. The average molecular weight is 302 g/mol. The molecule has 1 aromatic rings. The Morgan fingerprint density at radius 3 is 2.32 bits per heavy atom. The fourth-order valence-corrected chi connectivity index (χ4v) is 2.17. The lowest BCUT2D eigenvalue weighted by atomic mass is 9.93. The predicted octanol–water partition coefficient (Wildman–Crippen LogP) is 3.52. The maximum atomic E-state index is 12.6. The minimum Gasteiger partial charge on any atom is -0.459 e. The molecule has 4 heteroatoms. The van der Waals surface area contributed by atoms with Gasteiger partial charge in [-0.05, 0) is 46.7 Å². The lowest BCUT2D eigenvalue weighted by Gasteiger charge is -2.38. The lowest BCUT2D eigenvalue weighted by Crippen LogP contribution is -2.52. The number of carbonyl (C=O) groups excluding carboxylic acids is 1. The third-order valence-corrected chi connectivity index (χ3v) is 3.67. The van der Waals surface area contributed by atoms with Crippen molar-refractivity contribution in [2.75, 3.05) is 7.05 Å². The fraction of sp³-hybridized carbons (Fsp3) is 0.556. The molecule has 1 atom stereocenters. The van der Waals surface area contributed by atoms with Gasteiger partial charge in [0.15, 0.2) is 0 Å². The van der Waals surface area contributed by atoms with Gasteiger partial charge in [-0.15, -0.1) is 0 Å². The van der Waals surface area contributed by atoms with Crippen molar-refractivity contribution in [2.24, 2.45) is 0 Å². The Morgan fingerprint density at radius 2 is 1.82 bits per heavy atom. The number of carbonyl (C=O) groups is 1. The number of ether oxygens (including phenoxy) is 1. The molecule has 0 heterocycles. The summed E-state index contributed by atoms with van der Waals surface area (Å²) in [6.45, 7) is 8.04. The quantitative estimate of drug-likeness (QED) is 0.754. The van der Waals surface area contributed by atoms with E-state index in [9.17, 15) is 4.79 Å². The van der Waals surface area contributed by atoms with E-state index in [-0.39, 0.29) is 5.97 Å². The second-order valence-electron chi connectivity index (χ2n) is 6.78. The number of rotatable bonds is 6. The zero-order chi connectivity index (χ0) is 16.8. The summed E-state index contributed by atoms with van der Waals surface area (Å²) in [5, 5.41) is 8.89. The minimum absolute atomic E-state index is 0.284. The van der Waals surface area contributed by atoms with Crippen molar-refractivity contribution in [3.63, 3.8) is 0 Å². The molecule has 0 saturated heterocycles. The molecule has 1 aromatic carbocycles. The van der Waals surface area contributed by atoms with Crippen molar-refractivity contribution in [1.29, 1.82) is 5.26 Å². The largest absolute Gasteiger partial charge is 0.459 e. The van der Waals surface area contributed by atoms with Crippen LogP contribution in [0, 0.1) is 11.3 Å². The molecule has 0 spiro atoms. The zero-order valence-corrected chi connectivity index (χ0v) is 14.2. The summed E-state index contributed by atoms with van der Waals surface area (Å²) in [7, 11) is 1.90. The van der Waals surface area contributed by atoms with Gasteiger partial charge in [0.05, 0.1) is 6.07 Å². The molecule has 0 aliphatic carbocycles. The molecule has 0 saturated carbocycles. The fourth-order valence-electron chi connectivity index (χ4n) is 2.17. The molecule has 1 unspecified atom stereocenters. The normalized spacial score (nSPS) is 14.2. The Kier molecular flexibility index (Phi) is 6.13. The summed E-state index contributed by atoms with van der Waals surface area (Å²) in [5.74, 6) is -0.284. The minimum atomic E-state index is -0.821. The van der Waals surface area contributed by atoms with Crippen LogP contribution in [0.1, 0.15) is 46.1 Å². The number of esters is 1. The first-order valence-corrected chi connectivity index (χ1v) is 7.54. The van der Waals surface area contributed by atoms with Crippen molar-refractivity contribution >= 4 is 5.97 Å². The first-order valence-electron chi connectivity index (χ1n) is 7.54. The molecule has 120 valence electrons. The van der Waals surface area contributed by atoms with Crippen molar-refractivity contribution in [3.8, 4) is 6.07 Å². The molecule has 1 rings (SSSR count).